The fourth-order valence-electron chi connectivity index (χ4n) is 2.10. The predicted molar refractivity (Wildman–Crippen MR) is 80.5 cm³/mol. The molecule has 1 aromatic rings. The van der Waals surface area contributed by atoms with Crippen LogP contribution < -0.4 is 10.5 Å². The summed E-state index contributed by atoms with van der Waals surface area (Å²) in [7, 11) is -3.87. The molecule has 0 spiro atoms. The number of amides is 1. The number of primary sulfonamides is 1. The van der Waals surface area contributed by atoms with E-state index in [1.807, 2.05) is 6.92 Å². The summed E-state index contributed by atoms with van der Waals surface area (Å²) in [5.41, 5.74) is 0. The molecule has 1 rings (SSSR count). The van der Waals surface area contributed by atoms with Crippen molar-refractivity contribution in [1.29, 1.82) is 0 Å². The Balaban J connectivity index is 2.60. The van der Waals surface area contributed by atoms with Crippen LogP contribution in [0.2, 0.25) is 0 Å². The van der Waals surface area contributed by atoms with E-state index in [0.717, 1.165) is 19.3 Å². The van der Waals surface area contributed by atoms with Crippen molar-refractivity contribution in [3.63, 3.8) is 0 Å². The second-order valence-electron chi connectivity index (χ2n) is 5.30. The van der Waals surface area contributed by atoms with Crippen molar-refractivity contribution in [3.8, 4) is 0 Å². The Bertz CT molecular complexity index is 578. The topological polar surface area (TPSA) is 102 Å². The van der Waals surface area contributed by atoms with Gasteiger partial charge < -0.3 is 9.73 Å². The van der Waals surface area contributed by atoms with Crippen LogP contribution in [0.4, 0.5) is 0 Å². The Hall–Kier alpha value is -1.34. The second-order valence-corrected chi connectivity index (χ2v) is 6.83. The minimum atomic E-state index is -3.87. The van der Waals surface area contributed by atoms with Gasteiger partial charge in [-0.3, -0.25) is 4.79 Å². The maximum atomic E-state index is 12.0. The molecule has 7 heteroatoms. The van der Waals surface area contributed by atoms with Gasteiger partial charge in [-0.25, -0.2) is 13.6 Å². The first kappa shape index (κ1) is 17.7. The van der Waals surface area contributed by atoms with Gasteiger partial charge in [-0.1, -0.05) is 32.6 Å². The summed E-state index contributed by atoms with van der Waals surface area (Å²) < 4.78 is 27.8. The van der Waals surface area contributed by atoms with Gasteiger partial charge in [0, 0.05) is 12.1 Å². The van der Waals surface area contributed by atoms with Gasteiger partial charge in [-0.15, -0.1) is 0 Å². The van der Waals surface area contributed by atoms with Gasteiger partial charge >= 0.3 is 0 Å². The van der Waals surface area contributed by atoms with Crippen molar-refractivity contribution in [2.45, 2.75) is 63.8 Å². The summed E-state index contributed by atoms with van der Waals surface area (Å²) in [5.74, 6) is -0.328. The maximum absolute atomic E-state index is 12.0. The number of sulfonamides is 1. The first-order chi connectivity index (χ1) is 9.75. The molecule has 0 saturated carbocycles. The molecule has 0 aliphatic carbocycles. The summed E-state index contributed by atoms with van der Waals surface area (Å²) in [6.45, 7) is 5.53. The number of hydrogen-bond acceptors (Lipinski definition) is 4. The highest BCUT2D eigenvalue weighted by molar-refractivity contribution is 7.89. The van der Waals surface area contributed by atoms with E-state index in [0.29, 0.717) is 0 Å². The van der Waals surface area contributed by atoms with Crippen LogP contribution in [0.1, 0.15) is 62.3 Å². The molecule has 120 valence electrons. The van der Waals surface area contributed by atoms with Gasteiger partial charge in [0.15, 0.2) is 5.76 Å². The molecule has 0 aliphatic heterocycles. The molecule has 0 bridgehead atoms. The van der Waals surface area contributed by atoms with Gasteiger partial charge in [0.25, 0.3) is 5.91 Å². The zero-order valence-electron chi connectivity index (χ0n) is 12.8. The lowest BCUT2D eigenvalue weighted by atomic mass is 10.1. The van der Waals surface area contributed by atoms with E-state index in [4.69, 9.17) is 9.56 Å². The SMILES string of the molecule is CCCCCCC(C)NC(=O)c1cc(S(N)(=O)=O)c(C)o1. The van der Waals surface area contributed by atoms with Crippen LogP contribution in [0.3, 0.4) is 0 Å². The lowest BCUT2D eigenvalue weighted by Gasteiger charge is -2.12. The molecular formula is C14H24N2O4S. The Morgan fingerprint density at radius 3 is 2.57 bits per heavy atom. The highest BCUT2D eigenvalue weighted by Crippen LogP contribution is 2.18. The van der Waals surface area contributed by atoms with E-state index in [1.54, 1.807) is 0 Å². The van der Waals surface area contributed by atoms with Gasteiger partial charge in [0.1, 0.15) is 10.7 Å². The zero-order valence-corrected chi connectivity index (χ0v) is 13.6. The molecular weight excluding hydrogens is 292 g/mol. The average molecular weight is 316 g/mol. The van der Waals surface area contributed by atoms with Gasteiger partial charge in [0.2, 0.25) is 10.0 Å². The normalized spacial score (nSPS) is 13.1. The summed E-state index contributed by atoms with van der Waals surface area (Å²) >= 11 is 0. The molecule has 0 fully saturated rings. The molecule has 3 N–H and O–H groups in total. The van der Waals surface area contributed by atoms with Crippen molar-refractivity contribution < 1.29 is 17.6 Å². The average Bonchev–Trinajstić information content (AvgIpc) is 2.77. The van der Waals surface area contributed by atoms with E-state index in [-0.39, 0.29) is 22.5 Å². The predicted octanol–water partition coefficient (Wildman–Crippen LogP) is 2.32. The van der Waals surface area contributed by atoms with Gasteiger partial charge in [0.05, 0.1) is 0 Å². The van der Waals surface area contributed by atoms with Crippen molar-refractivity contribution in [2.24, 2.45) is 5.14 Å². The van der Waals surface area contributed by atoms with E-state index in [2.05, 4.69) is 12.2 Å². The molecule has 1 amide bonds. The highest BCUT2D eigenvalue weighted by atomic mass is 32.2. The monoisotopic (exact) mass is 316 g/mol. The highest BCUT2D eigenvalue weighted by Gasteiger charge is 2.21. The van der Waals surface area contributed by atoms with Crippen LogP contribution in [-0.2, 0) is 10.0 Å². The van der Waals surface area contributed by atoms with Crippen LogP contribution >= 0.6 is 0 Å². The molecule has 0 aliphatic rings. The molecule has 1 heterocycles. The first-order valence-electron chi connectivity index (χ1n) is 7.19. The summed E-state index contributed by atoms with van der Waals surface area (Å²) in [6.07, 6.45) is 5.44. The number of furan rings is 1. The first-order valence-corrected chi connectivity index (χ1v) is 8.74. The van der Waals surface area contributed by atoms with Crippen LogP contribution in [0.5, 0.6) is 0 Å². The van der Waals surface area contributed by atoms with E-state index in [1.165, 1.54) is 25.8 Å². The molecule has 21 heavy (non-hydrogen) atoms. The third-order valence-electron chi connectivity index (χ3n) is 3.27. The van der Waals surface area contributed by atoms with Crippen molar-refractivity contribution in [3.05, 3.63) is 17.6 Å². The van der Waals surface area contributed by atoms with Crippen LogP contribution in [0.25, 0.3) is 0 Å². The number of unbranched alkanes of at least 4 members (excludes halogenated alkanes) is 3. The third-order valence-corrected chi connectivity index (χ3v) is 4.29. The third kappa shape index (κ3) is 5.51. The fraction of sp³-hybridized carbons (Fsp3) is 0.643. The smallest absolute Gasteiger partial charge is 0.287 e. The standard InChI is InChI=1S/C14H24N2O4S/c1-4-5-6-7-8-10(2)16-14(17)12-9-13(11(3)20-12)21(15,18)19/h9-10H,4-8H2,1-3H3,(H,16,17)(H2,15,18,19). The van der Waals surface area contributed by atoms with Crippen LogP contribution in [0.15, 0.2) is 15.4 Å². The maximum Gasteiger partial charge on any atom is 0.287 e. The number of carbonyl (C=O) groups is 1. The summed E-state index contributed by atoms with van der Waals surface area (Å²) in [5, 5.41) is 7.84. The van der Waals surface area contributed by atoms with Gasteiger partial charge in [-0.2, -0.15) is 0 Å². The van der Waals surface area contributed by atoms with Gasteiger partial charge in [-0.05, 0) is 20.3 Å². The number of nitrogens with one attached hydrogen (secondary N) is 1. The quantitative estimate of drug-likeness (QED) is 0.718. The number of aryl methyl sites for hydroxylation is 1. The molecule has 0 aromatic carbocycles. The lowest BCUT2D eigenvalue weighted by Crippen LogP contribution is -2.32. The fourth-order valence-corrected chi connectivity index (χ4v) is 2.82. The lowest BCUT2D eigenvalue weighted by molar-refractivity contribution is 0.0908. The number of rotatable bonds is 8. The minimum absolute atomic E-state index is 0.0118. The zero-order chi connectivity index (χ0) is 16.0. The van der Waals surface area contributed by atoms with Crippen molar-refractivity contribution in [2.75, 3.05) is 0 Å². The number of carbonyl (C=O) groups excluding carboxylic acids is 1. The van der Waals surface area contributed by atoms with Crippen LogP contribution in [0, 0.1) is 6.92 Å². The Labute approximate surface area is 126 Å². The molecule has 1 aromatic heterocycles. The summed E-state index contributed by atoms with van der Waals surface area (Å²) in [4.78, 5) is 11.8. The van der Waals surface area contributed by atoms with E-state index < -0.39 is 15.9 Å². The molecule has 0 radical (unpaired) electrons. The largest absolute Gasteiger partial charge is 0.455 e. The number of hydrogen-bond donors (Lipinski definition) is 2. The Morgan fingerprint density at radius 1 is 1.38 bits per heavy atom. The van der Waals surface area contributed by atoms with E-state index in [9.17, 15) is 13.2 Å². The van der Waals surface area contributed by atoms with Crippen molar-refractivity contribution >= 4 is 15.9 Å². The molecule has 6 nitrogen and oxygen atoms in total. The van der Waals surface area contributed by atoms with Crippen LogP contribution in [-0.4, -0.2) is 20.4 Å². The second kappa shape index (κ2) is 7.61. The van der Waals surface area contributed by atoms with E-state index >= 15 is 0 Å². The number of nitrogens with two attached hydrogens (primary N) is 1. The Kier molecular flexibility index (Phi) is 6.42. The minimum Gasteiger partial charge on any atom is -0.455 e. The molecule has 1 atom stereocenters. The molecule has 0 saturated heterocycles. The Morgan fingerprint density at radius 2 is 2.05 bits per heavy atom. The molecule has 1 unspecified atom stereocenters. The van der Waals surface area contributed by atoms with Crippen molar-refractivity contribution in [1.82, 2.24) is 5.32 Å². The summed E-state index contributed by atoms with van der Waals surface area (Å²) in [6, 6.07) is 1.18.